The number of benzene rings is 16. The summed E-state index contributed by atoms with van der Waals surface area (Å²) in [6.07, 6.45) is 0. The van der Waals surface area contributed by atoms with Gasteiger partial charge in [-0.1, -0.05) is 279 Å². The molecule has 0 saturated carbocycles. The Balaban J connectivity index is 0.765. The predicted molar refractivity (Wildman–Crippen MR) is 413 cm³/mol. The molecule has 0 aliphatic heterocycles. The molecule has 2 aliphatic carbocycles. The van der Waals surface area contributed by atoms with E-state index in [9.17, 15) is 0 Å². The van der Waals surface area contributed by atoms with E-state index in [-0.39, 0.29) is 0 Å². The van der Waals surface area contributed by atoms with Crippen LogP contribution in [0.1, 0.15) is 44.5 Å². The number of furan rings is 2. The van der Waals surface area contributed by atoms with Crippen LogP contribution in [0.4, 0.5) is 34.1 Å². The van der Waals surface area contributed by atoms with Crippen molar-refractivity contribution in [2.24, 2.45) is 0 Å². The largest absolute Gasteiger partial charge is 0.456 e. The Bertz CT molecular complexity index is 5900. The number of rotatable bonds is 12. The molecular weight excluding hydrogens is 1210 g/mol. The Hall–Kier alpha value is -13.0. The van der Waals surface area contributed by atoms with E-state index in [0.717, 1.165) is 111 Å². The van der Waals surface area contributed by atoms with E-state index in [1.54, 1.807) is 0 Å². The summed E-state index contributed by atoms with van der Waals surface area (Å²) in [6, 6.07) is 137. The Morgan fingerprint density at radius 3 is 1.02 bits per heavy atom. The van der Waals surface area contributed by atoms with E-state index in [1.165, 1.54) is 66.8 Å². The minimum atomic E-state index is -0.567. The normalized spacial score (nSPS) is 13.2. The molecule has 0 fully saturated rings. The molecule has 4 nitrogen and oxygen atoms in total. The van der Waals surface area contributed by atoms with Gasteiger partial charge in [0.25, 0.3) is 0 Å². The molecule has 0 bridgehead atoms. The maximum atomic E-state index is 7.45. The van der Waals surface area contributed by atoms with Gasteiger partial charge in [0.15, 0.2) is 0 Å². The van der Waals surface area contributed by atoms with Crippen LogP contribution < -0.4 is 9.80 Å². The summed E-state index contributed by atoms with van der Waals surface area (Å²) in [5.41, 5.74) is 27.5. The molecule has 4 heteroatoms. The zero-order valence-electron chi connectivity index (χ0n) is 54.5. The zero-order chi connectivity index (χ0) is 65.9. The average molecular weight is 1280 g/mol. The van der Waals surface area contributed by atoms with Gasteiger partial charge in [-0.05, 0) is 174 Å². The van der Waals surface area contributed by atoms with Crippen molar-refractivity contribution in [2.75, 3.05) is 9.80 Å². The first kappa shape index (κ1) is 57.2. The Morgan fingerprint density at radius 1 is 0.210 bits per heavy atom. The number of hydrogen-bond donors (Lipinski definition) is 0. The Morgan fingerprint density at radius 2 is 0.560 bits per heavy atom. The van der Waals surface area contributed by atoms with Crippen LogP contribution in [-0.4, -0.2) is 0 Å². The molecule has 0 atom stereocenters. The van der Waals surface area contributed by atoms with Crippen molar-refractivity contribution < 1.29 is 8.83 Å². The van der Waals surface area contributed by atoms with E-state index in [1.807, 2.05) is 0 Å². The highest BCUT2D eigenvalue weighted by atomic mass is 16.3. The molecular formula is C96H62N2O2. The second kappa shape index (κ2) is 22.8. The number of anilines is 6. The van der Waals surface area contributed by atoms with E-state index >= 15 is 0 Å². The standard InChI is InChI=1S/C96H62N2O2/c1-7-29-63(30-8-1)91-81-61-83-79-55-53-73(97(69-39-15-5-16-40-69)71-43-27-37-67(57-71)95(65-33-11-3-12-34-65)84-49-23-19-45-75(84)76-46-20-24-50-85(76)95)59-88(79)100-94(83)92(64-31-9-2-10-32-64)82(81)62-90-93(91)80-56-54-74(60-89(80)99-90)98(70-41-17-6-18-42-70)72-44-28-38-68(58-72)96(66-35-13-4-14-36-66)86-51-25-21-47-77(86)78-48-22-26-52-87(78)96/h1-62H. The fourth-order valence-electron chi connectivity index (χ4n) is 17.3. The first-order valence-electron chi connectivity index (χ1n) is 34.5. The van der Waals surface area contributed by atoms with Crippen LogP contribution in [0.15, 0.2) is 385 Å². The monoisotopic (exact) mass is 1270 g/mol. The third-order valence-corrected chi connectivity index (χ3v) is 21.3. The van der Waals surface area contributed by atoms with Crippen LogP contribution in [0, 0.1) is 0 Å². The van der Waals surface area contributed by atoms with Crippen LogP contribution in [0.3, 0.4) is 0 Å². The average Bonchev–Trinajstić information content (AvgIpc) is 1.54. The van der Waals surface area contributed by atoms with Gasteiger partial charge in [-0.15, -0.1) is 0 Å². The number of hydrogen-bond acceptors (Lipinski definition) is 4. The molecule has 16 aromatic carbocycles. The lowest BCUT2D eigenvalue weighted by Gasteiger charge is -2.35. The van der Waals surface area contributed by atoms with E-state index in [0.29, 0.717) is 0 Å². The Labute approximate surface area is 579 Å². The van der Waals surface area contributed by atoms with Crippen molar-refractivity contribution in [1.82, 2.24) is 0 Å². The van der Waals surface area contributed by atoms with Crippen molar-refractivity contribution in [1.29, 1.82) is 0 Å². The molecule has 2 heterocycles. The molecule has 20 rings (SSSR count). The summed E-state index contributed by atoms with van der Waals surface area (Å²) in [4.78, 5) is 4.75. The van der Waals surface area contributed by atoms with E-state index in [2.05, 4.69) is 386 Å². The van der Waals surface area contributed by atoms with Crippen LogP contribution in [0.5, 0.6) is 0 Å². The fraction of sp³-hybridized carbons (Fsp3) is 0.0208. The first-order valence-corrected chi connectivity index (χ1v) is 34.5. The van der Waals surface area contributed by atoms with Crippen LogP contribution in [-0.2, 0) is 10.8 Å². The molecule has 2 aromatic heterocycles. The predicted octanol–water partition coefficient (Wildman–Crippen LogP) is 25.6. The Kier molecular flexibility index (Phi) is 13.1. The van der Waals surface area contributed by atoms with Gasteiger partial charge in [0.05, 0.1) is 10.8 Å². The van der Waals surface area contributed by atoms with Gasteiger partial charge in [0.2, 0.25) is 0 Å². The van der Waals surface area contributed by atoms with Crippen molar-refractivity contribution in [3.05, 3.63) is 421 Å². The van der Waals surface area contributed by atoms with Crippen molar-refractivity contribution >= 4 is 88.8 Å². The lowest BCUT2D eigenvalue weighted by molar-refractivity contribution is 0.669. The molecule has 2 aliphatic rings. The summed E-state index contributed by atoms with van der Waals surface area (Å²) in [6.45, 7) is 0. The highest BCUT2D eigenvalue weighted by molar-refractivity contribution is 6.28. The molecule has 0 N–H and O–H groups in total. The molecule has 0 radical (unpaired) electrons. The lowest BCUT2D eigenvalue weighted by atomic mass is 9.67. The van der Waals surface area contributed by atoms with E-state index < -0.39 is 10.8 Å². The minimum Gasteiger partial charge on any atom is -0.456 e. The highest BCUT2D eigenvalue weighted by Gasteiger charge is 2.48. The topological polar surface area (TPSA) is 32.8 Å². The van der Waals surface area contributed by atoms with E-state index in [4.69, 9.17) is 8.83 Å². The maximum Gasteiger partial charge on any atom is 0.143 e. The quantitative estimate of drug-likeness (QED) is 0.122. The van der Waals surface area contributed by atoms with Gasteiger partial charge in [0.1, 0.15) is 22.3 Å². The molecule has 468 valence electrons. The van der Waals surface area contributed by atoms with Crippen LogP contribution in [0.2, 0.25) is 0 Å². The van der Waals surface area contributed by atoms with Crippen LogP contribution in [0.25, 0.3) is 99.2 Å². The second-order valence-corrected chi connectivity index (χ2v) is 26.5. The van der Waals surface area contributed by atoms with Crippen molar-refractivity contribution in [2.45, 2.75) is 10.8 Å². The van der Waals surface area contributed by atoms with Gasteiger partial charge in [-0.2, -0.15) is 0 Å². The molecule has 0 unspecified atom stereocenters. The minimum absolute atomic E-state index is 0.567. The molecule has 0 spiro atoms. The summed E-state index contributed by atoms with van der Waals surface area (Å²) in [7, 11) is 0. The zero-order valence-corrected chi connectivity index (χ0v) is 54.5. The number of nitrogens with zero attached hydrogens (tertiary/aromatic N) is 2. The SMILES string of the molecule is c1ccc(-c2c3cc4oc5cc(N(c6ccccc6)c6cccc(C7(c8ccccc8)c8ccccc8-c8ccccc87)c6)ccc5c4c(-c4ccccc4)c3cc3c2oc2cc(N(c4ccccc4)c4cccc(C5(c6ccccc6)c6ccccc6-c6ccccc65)c4)ccc23)cc1. The molecule has 0 amide bonds. The smallest absolute Gasteiger partial charge is 0.143 e. The van der Waals surface area contributed by atoms with Crippen molar-refractivity contribution in [3.63, 3.8) is 0 Å². The summed E-state index contributed by atoms with van der Waals surface area (Å²) in [5.74, 6) is 0. The summed E-state index contributed by atoms with van der Waals surface area (Å²) < 4.78 is 14.8. The van der Waals surface area contributed by atoms with Gasteiger partial charge < -0.3 is 18.6 Å². The number of para-hydroxylation sites is 2. The third kappa shape index (κ3) is 8.54. The summed E-state index contributed by atoms with van der Waals surface area (Å²) >= 11 is 0. The molecule has 100 heavy (non-hydrogen) atoms. The van der Waals surface area contributed by atoms with Crippen molar-refractivity contribution in [3.8, 4) is 44.5 Å². The van der Waals surface area contributed by atoms with Crippen LogP contribution >= 0.6 is 0 Å². The maximum absolute atomic E-state index is 7.45. The second-order valence-electron chi connectivity index (χ2n) is 26.5. The summed E-state index contributed by atoms with van der Waals surface area (Å²) in [5, 5.41) is 6.31. The van der Waals surface area contributed by atoms with Gasteiger partial charge in [-0.25, -0.2) is 0 Å². The first-order chi connectivity index (χ1) is 49.6. The van der Waals surface area contributed by atoms with Gasteiger partial charge in [-0.3, -0.25) is 0 Å². The molecule has 0 saturated heterocycles. The third-order valence-electron chi connectivity index (χ3n) is 21.3. The van der Waals surface area contributed by atoms with Gasteiger partial charge >= 0.3 is 0 Å². The molecule has 18 aromatic rings. The number of fused-ring (bicyclic) bond motifs is 13. The fourth-order valence-corrected chi connectivity index (χ4v) is 17.3. The lowest BCUT2D eigenvalue weighted by Crippen LogP contribution is -2.28. The van der Waals surface area contributed by atoms with Gasteiger partial charge in [0, 0.05) is 78.9 Å². The highest BCUT2D eigenvalue weighted by Crippen LogP contribution is 2.59.